The molecule has 4 aromatic rings. The highest BCUT2D eigenvalue weighted by molar-refractivity contribution is 5.97. The maximum atomic E-state index is 13.0. The molecule has 0 unspecified atom stereocenters. The minimum atomic E-state index is -0.204. The van der Waals surface area contributed by atoms with Gasteiger partial charge in [0.15, 0.2) is 0 Å². The van der Waals surface area contributed by atoms with Crippen LogP contribution in [0.5, 0.6) is 0 Å². The van der Waals surface area contributed by atoms with E-state index in [0.717, 1.165) is 29.4 Å². The molecule has 6 heteroatoms. The quantitative estimate of drug-likeness (QED) is 0.566. The SMILES string of the molecule is O=C(c1c[nH]c2ccccc2c1=O)N1CCC(c2ccnc3[nH]ccc23)CC1. The first kappa shape index (κ1) is 16.7. The summed E-state index contributed by atoms with van der Waals surface area (Å²) in [5, 5.41) is 1.70. The zero-order valence-electron chi connectivity index (χ0n) is 15.3. The number of para-hydroxylation sites is 1. The van der Waals surface area contributed by atoms with E-state index in [0.29, 0.717) is 24.4 Å². The van der Waals surface area contributed by atoms with Crippen LogP contribution in [0.1, 0.15) is 34.7 Å². The van der Waals surface area contributed by atoms with Crippen molar-refractivity contribution in [3.8, 4) is 0 Å². The zero-order chi connectivity index (χ0) is 19.1. The molecule has 6 nitrogen and oxygen atoms in total. The van der Waals surface area contributed by atoms with Crippen molar-refractivity contribution in [2.24, 2.45) is 0 Å². The van der Waals surface area contributed by atoms with E-state index in [1.54, 1.807) is 17.2 Å². The zero-order valence-corrected chi connectivity index (χ0v) is 15.3. The van der Waals surface area contributed by atoms with Crippen molar-refractivity contribution >= 4 is 27.8 Å². The van der Waals surface area contributed by atoms with Crippen molar-refractivity contribution in [2.75, 3.05) is 13.1 Å². The van der Waals surface area contributed by atoms with Crippen LogP contribution in [0, 0.1) is 0 Å². The van der Waals surface area contributed by atoms with E-state index < -0.39 is 0 Å². The normalized spacial score (nSPS) is 15.4. The summed E-state index contributed by atoms with van der Waals surface area (Å²) >= 11 is 0. The Morgan fingerprint density at radius 1 is 1.04 bits per heavy atom. The van der Waals surface area contributed by atoms with Crippen molar-refractivity contribution in [3.05, 3.63) is 76.3 Å². The topological polar surface area (TPSA) is 81.8 Å². The van der Waals surface area contributed by atoms with Crippen molar-refractivity contribution < 1.29 is 4.79 Å². The summed E-state index contributed by atoms with van der Waals surface area (Å²) in [4.78, 5) is 38.1. The molecule has 1 aromatic carbocycles. The molecule has 1 fully saturated rings. The minimum absolute atomic E-state index is 0.188. The van der Waals surface area contributed by atoms with E-state index in [2.05, 4.69) is 27.1 Å². The second-order valence-electron chi connectivity index (χ2n) is 7.28. The molecule has 0 aliphatic carbocycles. The maximum Gasteiger partial charge on any atom is 0.259 e. The van der Waals surface area contributed by atoms with Gasteiger partial charge in [-0.15, -0.1) is 0 Å². The van der Waals surface area contributed by atoms with Gasteiger partial charge in [-0.1, -0.05) is 12.1 Å². The maximum absolute atomic E-state index is 13.0. The largest absolute Gasteiger partial charge is 0.360 e. The van der Waals surface area contributed by atoms with Gasteiger partial charge in [-0.05, 0) is 48.6 Å². The predicted molar refractivity (Wildman–Crippen MR) is 109 cm³/mol. The molecule has 3 aromatic heterocycles. The highest BCUT2D eigenvalue weighted by Gasteiger charge is 2.27. The van der Waals surface area contributed by atoms with E-state index >= 15 is 0 Å². The lowest BCUT2D eigenvalue weighted by Gasteiger charge is -2.32. The molecule has 0 atom stereocenters. The number of benzene rings is 1. The second kappa shape index (κ2) is 6.64. The fraction of sp³-hybridized carbons (Fsp3) is 0.227. The first-order valence-corrected chi connectivity index (χ1v) is 9.54. The van der Waals surface area contributed by atoms with Gasteiger partial charge in [0.05, 0.1) is 0 Å². The molecule has 0 spiro atoms. The van der Waals surface area contributed by atoms with Crippen LogP contribution >= 0.6 is 0 Å². The van der Waals surface area contributed by atoms with Gasteiger partial charge < -0.3 is 14.9 Å². The van der Waals surface area contributed by atoms with E-state index in [9.17, 15) is 9.59 Å². The Kier molecular flexibility index (Phi) is 3.97. The molecule has 1 aliphatic heterocycles. The smallest absolute Gasteiger partial charge is 0.259 e. The number of amides is 1. The summed E-state index contributed by atoms with van der Waals surface area (Å²) < 4.78 is 0. The Morgan fingerprint density at radius 2 is 1.86 bits per heavy atom. The fourth-order valence-electron chi connectivity index (χ4n) is 4.23. The number of aromatic nitrogens is 3. The van der Waals surface area contributed by atoms with Gasteiger partial charge in [0.1, 0.15) is 11.2 Å². The van der Waals surface area contributed by atoms with E-state index in [1.807, 2.05) is 30.6 Å². The highest BCUT2D eigenvalue weighted by Crippen LogP contribution is 2.32. The van der Waals surface area contributed by atoms with Crippen LogP contribution in [0.15, 0.2) is 59.8 Å². The molecule has 1 saturated heterocycles. The molecule has 0 bridgehead atoms. The first-order valence-electron chi connectivity index (χ1n) is 9.54. The lowest BCUT2D eigenvalue weighted by atomic mass is 9.88. The van der Waals surface area contributed by atoms with Gasteiger partial charge >= 0.3 is 0 Å². The Balaban J connectivity index is 1.37. The third-order valence-corrected chi connectivity index (χ3v) is 5.73. The van der Waals surface area contributed by atoms with E-state index in [4.69, 9.17) is 0 Å². The summed E-state index contributed by atoms with van der Waals surface area (Å²) in [7, 11) is 0. The summed E-state index contributed by atoms with van der Waals surface area (Å²) in [6.07, 6.45) is 7.04. The molecule has 28 heavy (non-hydrogen) atoms. The summed E-state index contributed by atoms with van der Waals surface area (Å²) in [6.45, 7) is 1.29. The molecule has 1 aliphatic rings. The Morgan fingerprint density at radius 3 is 2.71 bits per heavy atom. The fourth-order valence-corrected chi connectivity index (χ4v) is 4.23. The number of pyridine rings is 2. The average molecular weight is 372 g/mol. The van der Waals surface area contributed by atoms with Gasteiger partial charge in [0, 0.05) is 48.0 Å². The third kappa shape index (κ3) is 2.69. The van der Waals surface area contributed by atoms with E-state index in [1.165, 1.54) is 5.56 Å². The molecule has 5 rings (SSSR count). The van der Waals surface area contributed by atoms with E-state index in [-0.39, 0.29) is 16.9 Å². The third-order valence-electron chi connectivity index (χ3n) is 5.73. The van der Waals surface area contributed by atoms with Crippen molar-refractivity contribution in [1.29, 1.82) is 0 Å². The Bertz CT molecular complexity index is 1230. The highest BCUT2D eigenvalue weighted by atomic mass is 16.2. The molecular formula is C22H20N4O2. The van der Waals surface area contributed by atoms with Crippen LogP contribution in [-0.4, -0.2) is 38.8 Å². The number of carbonyl (C=O) groups is 1. The predicted octanol–water partition coefficient (Wildman–Crippen LogP) is 3.42. The summed E-state index contributed by atoms with van der Waals surface area (Å²) in [6, 6.07) is 11.4. The number of nitrogens with one attached hydrogen (secondary N) is 2. The number of hydrogen-bond acceptors (Lipinski definition) is 3. The van der Waals surface area contributed by atoms with Gasteiger partial charge in [0.25, 0.3) is 5.91 Å². The average Bonchev–Trinajstić information content (AvgIpc) is 3.23. The number of hydrogen-bond donors (Lipinski definition) is 2. The van der Waals surface area contributed by atoms with Crippen LogP contribution in [-0.2, 0) is 0 Å². The van der Waals surface area contributed by atoms with Gasteiger partial charge in [-0.3, -0.25) is 9.59 Å². The van der Waals surface area contributed by atoms with Crippen LogP contribution < -0.4 is 5.43 Å². The number of H-pyrrole nitrogens is 2. The number of piperidine rings is 1. The number of carbonyl (C=O) groups excluding carboxylic acids is 1. The lowest BCUT2D eigenvalue weighted by molar-refractivity contribution is 0.0712. The second-order valence-corrected chi connectivity index (χ2v) is 7.28. The van der Waals surface area contributed by atoms with Gasteiger partial charge in [-0.25, -0.2) is 4.98 Å². The molecule has 4 heterocycles. The number of fused-ring (bicyclic) bond motifs is 2. The molecular weight excluding hydrogens is 352 g/mol. The molecule has 2 N–H and O–H groups in total. The molecule has 140 valence electrons. The van der Waals surface area contributed by atoms with Crippen molar-refractivity contribution in [3.63, 3.8) is 0 Å². The van der Waals surface area contributed by atoms with Crippen LogP contribution in [0.25, 0.3) is 21.9 Å². The van der Waals surface area contributed by atoms with Crippen molar-refractivity contribution in [1.82, 2.24) is 19.9 Å². The van der Waals surface area contributed by atoms with Gasteiger partial charge in [0.2, 0.25) is 5.43 Å². The lowest BCUT2D eigenvalue weighted by Crippen LogP contribution is -2.40. The number of rotatable bonds is 2. The van der Waals surface area contributed by atoms with Crippen LogP contribution in [0.2, 0.25) is 0 Å². The van der Waals surface area contributed by atoms with Crippen LogP contribution in [0.4, 0.5) is 0 Å². The number of aromatic amines is 2. The van der Waals surface area contributed by atoms with Crippen molar-refractivity contribution in [2.45, 2.75) is 18.8 Å². The monoisotopic (exact) mass is 372 g/mol. The standard InChI is InChI=1S/C22H20N4O2/c27-20-17-3-1-2-4-19(17)25-13-18(20)22(28)26-11-7-14(8-12-26)15-5-9-23-21-16(15)6-10-24-21/h1-6,9-10,13-14H,7-8,11-12H2,(H,23,24)(H,25,27). The minimum Gasteiger partial charge on any atom is -0.360 e. The number of likely N-dealkylation sites (tertiary alicyclic amines) is 1. The summed E-state index contributed by atoms with van der Waals surface area (Å²) in [5.74, 6) is 0.201. The van der Waals surface area contributed by atoms with Gasteiger partial charge in [-0.2, -0.15) is 0 Å². The summed E-state index contributed by atoms with van der Waals surface area (Å²) in [5.41, 5.74) is 2.94. The molecule has 1 amide bonds. The Hall–Kier alpha value is -3.41. The Labute approximate surface area is 161 Å². The molecule has 0 saturated carbocycles. The first-order chi connectivity index (χ1) is 13.7. The number of nitrogens with zero attached hydrogens (tertiary/aromatic N) is 2. The van der Waals surface area contributed by atoms with Crippen LogP contribution in [0.3, 0.4) is 0 Å². The molecule has 0 radical (unpaired) electrons.